The number of carbonyl (C=O) groups is 2. The summed E-state index contributed by atoms with van der Waals surface area (Å²) in [6, 6.07) is 9.60. The molecule has 8 nitrogen and oxygen atoms in total. The zero-order valence-corrected chi connectivity index (χ0v) is 25.5. The Morgan fingerprint density at radius 2 is 1.71 bits per heavy atom. The number of hydrogen-bond acceptors (Lipinski definition) is 7. The molecule has 0 radical (unpaired) electrons. The van der Waals surface area contributed by atoms with Gasteiger partial charge < -0.3 is 14.7 Å². The van der Waals surface area contributed by atoms with Gasteiger partial charge in [0.1, 0.15) is 18.1 Å². The van der Waals surface area contributed by atoms with Crippen LogP contribution in [0.2, 0.25) is 0 Å². The van der Waals surface area contributed by atoms with Crippen molar-refractivity contribution in [2.45, 2.75) is 84.0 Å². The molecule has 8 heteroatoms. The predicted octanol–water partition coefficient (Wildman–Crippen LogP) is 5.43. The molecule has 0 amide bonds. The van der Waals surface area contributed by atoms with Gasteiger partial charge in [-0.15, -0.1) is 0 Å². The van der Waals surface area contributed by atoms with Crippen LogP contribution in [0.4, 0.5) is 0 Å². The van der Waals surface area contributed by atoms with Gasteiger partial charge in [-0.2, -0.15) is 5.10 Å². The lowest BCUT2D eigenvalue weighted by atomic mass is 9.64. The Labute approximate surface area is 248 Å². The smallest absolute Gasteiger partial charge is 0.169 e. The highest BCUT2D eigenvalue weighted by atomic mass is 16.5. The molecule has 0 atom stereocenters. The van der Waals surface area contributed by atoms with E-state index in [1.165, 1.54) is 32.1 Å². The summed E-state index contributed by atoms with van der Waals surface area (Å²) < 4.78 is 7.97. The zero-order chi connectivity index (χ0) is 29.6. The molecule has 0 spiro atoms. The fraction of sp³-hybridized carbons (Fsp3) is 0.559. The van der Waals surface area contributed by atoms with Crippen LogP contribution in [0.5, 0.6) is 11.5 Å². The van der Waals surface area contributed by atoms with Crippen molar-refractivity contribution < 1.29 is 19.4 Å². The fourth-order valence-corrected chi connectivity index (χ4v) is 7.38. The Bertz CT molecular complexity index is 1480. The summed E-state index contributed by atoms with van der Waals surface area (Å²) in [6.45, 7) is 7.03. The summed E-state index contributed by atoms with van der Waals surface area (Å²) in [5.74, 6) is 1.05. The molecule has 42 heavy (non-hydrogen) atoms. The molecule has 3 aliphatic rings. The number of fused-ring (bicyclic) bond motifs is 2. The van der Waals surface area contributed by atoms with Crippen LogP contribution >= 0.6 is 0 Å². The zero-order valence-electron chi connectivity index (χ0n) is 25.5. The van der Waals surface area contributed by atoms with Crippen LogP contribution in [0.25, 0.3) is 10.9 Å². The van der Waals surface area contributed by atoms with Crippen molar-refractivity contribution in [2.24, 2.45) is 11.3 Å². The number of nitrogens with zero attached hydrogens (tertiary/aromatic N) is 4. The molecule has 224 valence electrons. The van der Waals surface area contributed by atoms with E-state index in [2.05, 4.69) is 10.00 Å². The first-order valence-corrected chi connectivity index (χ1v) is 15.5. The van der Waals surface area contributed by atoms with E-state index in [9.17, 15) is 14.7 Å². The van der Waals surface area contributed by atoms with E-state index < -0.39 is 11.0 Å². The van der Waals surface area contributed by atoms with E-state index in [1.807, 2.05) is 68.0 Å². The van der Waals surface area contributed by atoms with Crippen molar-refractivity contribution >= 4 is 22.5 Å². The Morgan fingerprint density at radius 1 is 1.00 bits per heavy atom. The molecule has 1 aliphatic heterocycles. The summed E-state index contributed by atoms with van der Waals surface area (Å²) in [6.07, 6.45) is 8.55. The van der Waals surface area contributed by atoms with Gasteiger partial charge in [0, 0.05) is 56.0 Å². The van der Waals surface area contributed by atoms with E-state index in [4.69, 9.17) is 4.74 Å². The Balaban J connectivity index is 1.37. The Morgan fingerprint density at radius 3 is 2.43 bits per heavy atom. The number of phenols is 1. The number of ketones is 2. The molecule has 1 aromatic heterocycles. The first kappa shape index (κ1) is 28.9. The number of hydrogen-bond donors (Lipinski definition) is 1. The van der Waals surface area contributed by atoms with Crippen molar-refractivity contribution in [2.75, 3.05) is 27.2 Å². The third kappa shape index (κ3) is 5.24. The maximum absolute atomic E-state index is 14.3. The molecule has 2 fully saturated rings. The minimum absolute atomic E-state index is 0.0158. The molecule has 3 aromatic rings. The number of aromatic hydroxyl groups is 1. The van der Waals surface area contributed by atoms with Gasteiger partial charge >= 0.3 is 0 Å². The van der Waals surface area contributed by atoms with Crippen LogP contribution in [0.3, 0.4) is 0 Å². The van der Waals surface area contributed by atoms with Crippen molar-refractivity contribution in [1.82, 2.24) is 19.6 Å². The lowest BCUT2D eigenvalue weighted by molar-refractivity contribution is -0.153. The summed E-state index contributed by atoms with van der Waals surface area (Å²) in [4.78, 5) is 32.6. The lowest BCUT2D eigenvalue weighted by Crippen LogP contribution is -2.60. The second-order valence-electron chi connectivity index (χ2n) is 13.8. The van der Waals surface area contributed by atoms with Crippen LogP contribution in [-0.4, -0.2) is 63.5 Å². The first-order valence-electron chi connectivity index (χ1n) is 15.5. The topological polar surface area (TPSA) is 87.9 Å². The number of ether oxygens (including phenoxy) is 1. The number of rotatable bonds is 8. The fourth-order valence-electron chi connectivity index (χ4n) is 7.38. The van der Waals surface area contributed by atoms with E-state index in [-0.39, 0.29) is 30.2 Å². The molecule has 0 saturated heterocycles. The van der Waals surface area contributed by atoms with E-state index >= 15 is 0 Å². The summed E-state index contributed by atoms with van der Waals surface area (Å²) >= 11 is 0. The second kappa shape index (κ2) is 11.1. The van der Waals surface area contributed by atoms with Crippen LogP contribution in [0, 0.1) is 11.3 Å². The van der Waals surface area contributed by atoms with Gasteiger partial charge in [0.05, 0.1) is 11.7 Å². The molecule has 2 aliphatic carbocycles. The number of Topliss-reactive ketones (excluding diaryl/α,β-unsaturated/α-hetero) is 2. The van der Waals surface area contributed by atoms with E-state index in [0.717, 1.165) is 40.9 Å². The van der Waals surface area contributed by atoms with Gasteiger partial charge in [-0.05, 0) is 67.6 Å². The Hall–Kier alpha value is -3.23. The van der Waals surface area contributed by atoms with Crippen molar-refractivity contribution in [3.8, 4) is 11.5 Å². The maximum Gasteiger partial charge on any atom is 0.169 e. The number of aromatic nitrogens is 2. The third-order valence-electron chi connectivity index (χ3n) is 9.57. The normalized spacial score (nSPS) is 20.9. The predicted molar refractivity (Wildman–Crippen MR) is 162 cm³/mol. The van der Waals surface area contributed by atoms with Gasteiger partial charge in [0.15, 0.2) is 17.1 Å². The van der Waals surface area contributed by atoms with Crippen LogP contribution < -0.4 is 4.74 Å². The van der Waals surface area contributed by atoms with Gasteiger partial charge in [-0.3, -0.25) is 19.2 Å². The third-order valence-corrected chi connectivity index (χ3v) is 9.57. The molecule has 0 unspecified atom stereocenters. The molecule has 2 aromatic carbocycles. The molecule has 2 heterocycles. The molecular formula is C34H44N4O4. The highest BCUT2D eigenvalue weighted by Crippen LogP contribution is 2.50. The largest absolute Gasteiger partial charge is 0.507 e. The van der Waals surface area contributed by atoms with Gasteiger partial charge in [-0.1, -0.05) is 39.2 Å². The van der Waals surface area contributed by atoms with Crippen LogP contribution in [0.15, 0.2) is 36.5 Å². The lowest BCUT2D eigenvalue weighted by Gasteiger charge is -2.46. The molecule has 2 saturated carbocycles. The number of likely N-dealkylation sites (N-methyl/N-ethyl adjacent to an activating group) is 1. The van der Waals surface area contributed by atoms with Crippen molar-refractivity contribution in [1.29, 1.82) is 0 Å². The van der Waals surface area contributed by atoms with Crippen molar-refractivity contribution in [3.63, 3.8) is 0 Å². The number of benzene rings is 2. The van der Waals surface area contributed by atoms with Crippen LogP contribution in [-0.2, 0) is 34.8 Å². The number of phenolic OH excluding ortho intramolecular Hbond substituents is 1. The number of carbonyl (C=O) groups excluding carboxylic acids is 2. The standard InChI is InChI=1S/C34H44N4O4/c1-33(2)17-31(40)34(32(41)18-33,37-21-24-10-11-27(14-26(24)22-37)42-13-12-36(3)4)28-15-25-19-35-38(29(25)16-30(28)39)20-23-8-6-5-7-9-23/h10-11,14-16,19,23,39H,5-9,12-13,17-18,20-22H2,1-4H3. The molecule has 6 rings (SSSR count). The van der Waals surface area contributed by atoms with Crippen LogP contribution in [0.1, 0.15) is 75.5 Å². The van der Waals surface area contributed by atoms with E-state index in [0.29, 0.717) is 31.2 Å². The van der Waals surface area contributed by atoms with Gasteiger partial charge in [0.25, 0.3) is 0 Å². The highest BCUT2D eigenvalue weighted by molar-refractivity contribution is 6.15. The maximum atomic E-state index is 14.3. The summed E-state index contributed by atoms with van der Waals surface area (Å²) in [5, 5.41) is 17.1. The van der Waals surface area contributed by atoms with E-state index in [1.54, 1.807) is 6.07 Å². The highest BCUT2D eigenvalue weighted by Gasteiger charge is 2.58. The summed E-state index contributed by atoms with van der Waals surface area (Å²) in [7, 11) is 4.02. The monoisotopic (exact) mass is 572 g/mol. The van der Waals surface area contributed by atoms with Gasteiger partial charge in [0.2, 0.25) is 0 Å². The quantitative estimate of drug-likeness (QED) is 0.360. The summed E-state index contributed by atoms with van der Waals surface area (Å²) in [5.41, 5.74) is 1.36. The minimum Gasteiger partial charge on any atom is -0.507 e. The van der Waals surface area contributed by atoms with Gasteiger partial charge in [-0.25, -0.2) is 0 Å². The first-order chi connectivity index (χ1) is 20.1. The SMILES string of the molecule is CN(C)CCOc1ccc2c(c1)CN(C1(c3cc4cnn(CC5CCCCC5)c4cc3O)C(=O)CC(C)(C)CC1=O)C2. The minimum atomic E-state index is -1.55. The Kier molecular flexibility index (Phi) is 7.64. The molecule has 1 N–H and O–H groups in total. The molecule has 0 bridgehead atoms. The van der Waals surface area contributed by atoms with Crippen molar-refractivity contribution in [3.05, 3.63) is 53.2 Å². The second-order valence-corrected chi connectivity index (χ2v) is 13.8. The average molecular weight is 573 g/mol. The molecular weight excluding hydrogens is 528 g/mol. The average Bonchev–Trinajstić information content (AvgIpc) is 3.52.